The molecule has 0 aliphatic rings. The Bertz CT molecular complexity index is 571. The Labute approximate surface area is 138 Å². The molecular weight excluding hydrogens is 348 g/mol. The van der Waals surface area contributed by atoms with Crippen LogP contribution in [0.1, 0.15) is 10.4 Å². The Morgan fingerprint density at radius 1 is 1.33 bits per heavy atom. The summed E-state index contributed by atoms with van der Waals surface area (Å²) in [7, 11) is 1.96. The van der Waals surface area contributed by atoms with E-state index in [1.807, 2.05) is 30.1 Å². The zero-order valence-corrected chi connectivity index (χ0v) is 14.4. The van der Waals surface area contributed by atoms with Crippen molar-refractivity contribution in [2.24, 2.45) is 0 Å². The van der Waals surface area contributed by atoms with Crippen LogP contribution in [0.5, 0.6) is 0 Å². The molecule has 0 unspecified atom stereocenters. The Morgan fingerprint density at radius 2 is 2.10 bits per heavy atom. The number of nitrogens with zero attached hydrogens (tertiary/aromatic N) is 1. The molecule has 112 valence electrons. The quantitative estimate of drug-likeness (QED) is 0.815. The molecule has 5 heteroatoms. The predicted octanol–water partition coefficient (Wildman–Crippen LogP) is 3.30. The van der Waals surface area contributed by atoms with Gasteiger partial charge >= 0.3 is 0 Å². The van der Waals surface area contributed by atoms with Crippen LogP contribution in [0.15, 0.2) is 46.3 Å². The maximum Gasteiger partial charge on any atom is 0.234 e. The monoisotopic (exact) mass is 366 g/mol. The van der Waals surface area contributed by atoms with Crippen molar-refractivity contribution in [1.29, 1.82) is 0 Å². The first kappa shape index (κ1) is 16.2. The normalized spacial score (nSPS) is 10.8. The van der Waals surface area contributed by atoms with Crippen LogP contribution in [0.25, 0.3) is 0 Å². The number of likely N-dealkylation sites (N-methyl/N-ethyl adjacent to an activating group) is 1. The van der Waals surface area contributed by atoms with E-state index in [-0.39, 0.29) is 5.91 Å². The summed E-state index contributed by atoms with van der Waals surface area (Å²) >= 11 is 5.14. The van der Waals surface area contributed by atoms with Gasteiger partial charge in [-0.05, 0) is 41.0 Å². The van der Waals surface area contributed by atoms with Crippen LogP contribution in [0.2, 0.25) is 0 Å². The molecule has 1 N–H and O–H groups in total. The molecule has 0 spiro atoms. The number of rotatable bonds is 7. The van der Waals surface area contributed by atoms with E-state index in [0.29, 0.717) is 13.1 Å². The van der Waals surface area contributed by atoms with Crippen molar-refractivity contribution in [3.05, 3.63) is 56.7 Å². The van der Waals surface area contributed by atoms with E-state index < -0.39 is 0 Å². The fourth-order valence-electron chi connectivity index (χ4n) is 2.05. The average Bonchev–Trinajstić information content (AvgIpc) is 2.85. The average molecular weight is 367 g/mol. The second kappa shape index (κ2) is 8.32. The summed E-state index contributed by atoms with van der Waals surface area (Å²) < 4.78 is 1.10. The molecule has 0 fully saturated rings. The molecule has 0 radical (unpaired) electrons. The SMILES string of the molecule is CN(CC(=O)NCCc1ccccc1)Cc1cc(Br)cs1. The molecule has 2 aromatic rings. The third-order valence-electron chi connectivity index (χ3n) is 3.04. The zero-order chi connectivity index (χ0) is 15.1. The number of nitrogens with one attached hydrogen (secondary N) is 1. The van der Waals surface area contributed by atoms with E-state index >= 15 is 0 Å². The van der Waals surface area contributed by atoms with Gasteiger partial charge in [0, 0.05) is 27.8 Å². The summed E-state index contributed by atoms with van der Waals surface area (Å²) in [5.41, 5.74) is 1.24. The maximum atomic E-state index is 11.9. The minimum Gasteiger partial charge on any atom is -0.355 e. The largest absolute Gasteiger partial charge is 0.355 e. The van der Waals surface area contributed by atoms with Gasteiger partial charge in [-0.15, -0.1) is 11.3 Å². The number of hydrogen-bond acceptors (Lipinski definition) is 3. The molecule has 0 bridgehead atoms. The van der Waals surface area contributed by atoms with Crippen LogP contribution in [-0.4, -0.2) is 30.9 Å². The molecular formula is C16H19BrN2OS. The standard InChI is InChI=1S/C16H19BrN2OS/c1-19(10-15-9-14(17)12-21-15)11-16(20)18-8-7-13-5-3-2-4-6-13/h2-6,9,12H,7-8,10-11H2,1H3,(H,18,20). The van der Waals surface area contributed by atoms with Gasteiger partial charge < -0.3 is 5.32 Å². The van der Waals surface area contributed by atoms with Crippen molar-refractivity contribution in [3.8, 4) is 0 Å². The number of thiophene rings is 1. The summed E-state index contributed by atoms with van der Waals surface area (Å²) in [6.07, 6.45) is 0.869. The van der Waals surface area contributed by atoms with E-state index in [4.69, 9.17) is 0 Å². The highest BCUT2D eigenvalue weighted by Crippen LogP contribution is 2.20. The van der Waals surface area contributed by atoms with Crippen molar-refractivity contribution >= 4 is 33.2 Å². The lowest BCUT2D eigenvalue weighted by molar-refractivity contribution is -0.122. The first-order valence-electron chi connectivity index (χ1n) is 6.85. The Balaban J connectivity index is 1.67. The van der Waals surface area contributed by atoms with Crippen molar-refractivity contribution in [3.63, 3.8) is 0 Å². The number of hydrogen-bond donors (Lipinski definition) is 1. The molecule has 1 aromatic heterocycles. The van der Waals surface area contributed by atoms with Gasteiger partial charge in [0.15, 0.2) is 0 Å². The highest BCUT2D eigenvalue weighted by atomic mass is 79.9. The van der Waals surface area contributed by atoms with Crippen LogP contribution >= 0.6 is 27.3 Å². The highest BCUT2D eigenvalue weighted by Gasteiger charge is 2.08. The second-order valence-electron chi connectivity index (χ2n) is 4.99. The Hall–Kier alpha value is -1.17. The Morgan fingerprint density at radius 3 is 2.76 bits per heavy atom. The van der Waals surface area contributed by atoms with E-state index in [9.17, 15) is 4.79 Å². The van der Waals surface area contributed by atoms with E-state index in [1.54, 1.807) is 11.3 Å². The van der Waals surface area contributed by atoms with Gasteiger partial charge in [0.25, 0.3) is 0 Å². The number of halogens is 1. The summed E-state index contributed by atoms with van der Waals surface area (Å²) in [6.45, 7) is 1.90. The number of carbonyl (C=O) groups is 1. The summed E-state index contributed by atoms with van der Waals surface area (Å²) in [5, 5.41) is 5.03. The smallest absolute Gasteiger partial charge is 0.234 e. The maximum absolute atomic E-state index is 11.9. The molecule has 1 heterocycles. The van der Waals surface area contributed by atoms with E-state index in [1.165, 1.54) is 10.4 Å². The van der Waals surface area contributed by atoms with Crippen molar-refractivity contribution < 1.29 is 4.79 Å². The second-order valence-corrected chi connectivity index (χ2v) is 6.90. The minimum atomic E-state index is 0.0732. The highest BCUT2D eigenvalue weighted by molar-refractivity contribution is 9.10. The molecule has 1 amide bonds. The summed E-state index contributed by atoms with van der Waals surface area (Å²) in [5.74, 6) is 0.0732. The van der Waals surface area contributed by atoms with Crippen LogP contribution < -0.4 is 5.32 Å². The van der Waals surface area contributed by atoms with Crippen LogP contribution in [0.3, 0.4) is 0 Å². The molecule has 0 saturated heterocycles. The fourth-order valence-corrected chi connectivity index (χ4v) is 3.58. The number of benzene rings is 1. The molecule has 21 heavy (non-hydrogen) atoms. The molecule has 2 rings (SSSR count). The van der Waals surface area contributed by atoms with E-state index in [0.717, 1.165) is 17.4 Å². The van der Waals surface area contributed by atoms with Crippen molar-refractivity contribution in [2.45, 2.75) is 13.0 Å². The minimum absolute atomic E-state index is 0.0732. The van der Waals surface area contributed by atoms with Gasteiger partial charge in [-0.1, -0.05) is 30.3 Å². The van der Waals surface area contributed by atoms with Gasteiger partial charge in [-0.3, -0.25) is 9.69 Å². The van der Waals surface area contributed by atoms with Gasteiger partial charge in [0.2, 0.25) is 5.91 Å². The molecule has 0 aliphatic carbocycles. The lowest BCUT2D eigenvalue weighted by Crippen LogP contribution is -2.35. The van der Waals surface area contributed by atoms with Crippen LogP contribution in [-0.2, 0) is 17.8 Å². The van der Waals surface area contributed by atoms with Crippen molar-refractivity contribution in [1.82, 2.24) is 10.2 Å². The van der Waals surface area contributed by atoms with E-state index in [2.05, 4.69) is 44.8 Å². The fraction of sp³-hybridized carbons (Fsp3) is 0.312. The number of amides is 1. The van der Waals surface area contributed by atoms with Crippen LogP contribution in [0.4, 0.5) is 0 Å². The lowest BCUT2D eigenvalue weighted by Gasteiger charge is -2.15. The summed E-state index contributed by atoms with van der Waals surface area (Å²) in [6, 6.07) is 12.3. The van der Waals surface area contributed by atoms with Crippen molar-refractivity contribution in [2.75, 3.05) is 20.1 Å². The molecule has 0 saturated carbocycles. The first-order valence-corrected chi connectivity index (χ1v) is 8.53. The van der Waals surface area contributed by atoms with Gasteiger partial charge in [-0.25, -0.2) is 0 Å². The Kier molecular flexibility index (Phi) is 6.42. The molecule has 0 aliphatic heterocycles. The number of carbonyl (C=O) groups excluding carboxylic acids is 1. The third-order valence-corrected chi connectivity index (χ3v) is 4.72. The predicted molar refractivity (Wildman–Crippen MR) is 91.5 cm³/mol. The molecule has 3 nitrogen and oxygen atoms in total. The van der Waals surface area contributed by atoms with Gasteiger partial charge in [0.1, 0.15) is 0 Å². The van der Waals surface area contributed by atoms with Gasteiger partial charge in [-0.2, -0.15) is 0 Å². The molecule has 0 atom stereocenters. The van der Waals surface area contributed by atoms with Crippen LogP contribution in [0, 0.1) is 0 Å². The lowest BCUT2D eigenvalue weighted by atomic mass is 10.1. The molecule has 1 aromatic carbocycles. The first-order chi connectivity index (χ1) is 10.1. The van der Waals surface area contributed by atoms with Gasteiger partial charge in [0.05, 0.1) is 6.54 Å². The zero-order valence-electron chi connectivity index (χ0n) is 12.0. The summed E-state index contributed by atoms with van der Waals surface area (Å²) in [4.78, 5) is 15.2. The third kappa shape index (κ3) is 5.99. The topological polar surface area (TPSA) is 32.3 Å².